The van der Waals surface area contributed by atoms with Gasteiger partial charge in [0, 0.05) is 17.3 Å². The summed E-state index contributed by atoms with van der Waals surface area (Å²) in [4.78, 5) is 34.4. The average Bonchev–Trinajstić information content (AvgIpc) is 3.83. The second-order valence-corrected chi connectivity index (χ2v) is 10.7. The predicted octanol–water partition coefficient (Wildman–Crippen LogP) is 8.14. The highest BCUT2D eigenvalue weighted by Crippen LogP contribution is 2.41. The van der Waals surface area contributed by atoms with Crippen molar-refractivity contribution >= 4 is 78.3 Å². The van der Waals surface area contributed by atoms with E-state index in [0.717, 1.165) is 0 Å². The van der Waals surface area contributed by atoms with Gasteiger partial charge < -0.3 is 33.0 Å². The second kappa shape index (κ2) is 12.2. The Bertz CT molecular complexity index is 2230. The summed E-state index contributed by atoms with van der Waals surface area (Å²) in [5.41, 5.74) is 3.31. The molecule has 0 aliphatic rings. The molecule has 230 valence electrons. The molecule has 5 aromatic heterocycles. The van der Waals surface area contributed by atoms with E-state index in [1.54, 1.807) is 44.3 Å². The van der Waals surface area contributed by atoms with Crippen molar-refractivity contribution in [3.05, 3.63) is 81.7 Å². The van der Waals surface area contributed by atoms with Crippen LogP contribution in [0.1, 0.15) is 34.8 Å². The number of esters is 2. The summed E-state index contributed by atoms with van der Waals surface area (Å²) >= 11 is 2.03. The Morgan fingerprint density at radius 3 is 2.02 bits per heavy atom. The van der Waals surface area contributed by atoms with Crippen LogP contribution in [0.5, 0.6) is 5.88 Å². The number of aromatic amines is 2. The van der Waals surface area contributed by atoms with Crippen LogP contribution in [0.15, 0.2) is 64.0 Å². The lowest BCUT2D eigenvalue weighted by Gasteiger charge is -2.09. The van der Waals surface area contributed by atoms with E-state index in [9.17, 15) is 18.4 Å². The van der Waals surface area contributed by atoms with Crippen molar-refractivity contribution in [3.63, 3.8) is 0 Å². The Balaban J connectivity index is 0.000000167. The predicted molar refractivity (Wildman–Crippen MR) is 170 cm³/mol. The number of ether oxygens (including phenoxy) is 3. The van der Waals surface area contributed by atoms with E-state index in [2.05, 4.69) is 15.0 Å². The third kappa shape index (κ3) is 5.16. The molecular weight excluding hydrogens is 703 g/mol. The van der Waals surface area contributed by atoms with Crippen LogP contribution in [0.4, 0.5) is 8.78 Å². The van der Waals surface area contributed by atoms with E-state index in [-0.39, 0.29) is 24.7 Å². The first-order valence-corrected chi connectivity index (χ1v) is 14.8. The molecular formula is C32H24F2IN3O7. The van der Waals surface area contributed by atoms with Gasteiger partial charge in [-0.05, 0) is 72.8 Å². The zero-order valence-electron chi connectivity index (χ0n) is 24.0. The Kier molecular flexibility index (Phi) is 8.18. The summed E-state index contributed by atoms with van der Waals surface area (Å²) in [6.45, 7) is 3.95. The number of H-pyrrole nitrogens is 2. The van der Waals surface area contributed by atoms with Crippen molar-refractivity contribution in [2.75, 3.05) is 20.3 Å². The lowest BCUT2D eigenvalue weighted by atomic mass is 10.0. The SMILES string of the molecule is CCOC(=O)c1[nH]c2cc(F)c3ccoc3c2c1-c1cccnc1OC.CCOC(=O)c1[nH]c2cc(F)c3ccoc3c2c1I. The van der Waals surface area contributed by atoms with Crippen LogP contribution in [0.3, 0.4) is 0 Å². The second-order valence-electron chi connectivity index (χ2n) is 9.58. The number of hydrogen-bond donors (Lipinski definition) is 2. The van der Waals surface area contributed by atoms with Gasteiger partial charge in [-0.15, -0.1) is 0 Å². The molecule has 2 aromatic carbocycles. The van der Waals surface area contributed by atoms with E-state index in [4.69, 9.17) is 23.0 Å². The topological polar surface area (TPSA) is 133 Å². The highest BCUT2D eigenvalue weighted by atomic mass is 127. The summed E-state index contributed by atoms with van der Waals surface area (Å²) in [6, 6.07) is 9.31. The van der Waals surface area contributed by atoms with Gasteiger partial charge in [-0.25, -0.2) is 23.4 Å². The number of pyridine rings is 1. The van der Waals surface area contributed by atoms with Crippen LogP contribution in [0.2, 0.25) is 0 Å². The first-order chi connectivity index (χ1) is 21.8. The molecule has 2 N–H and O–H groups in total. The van der Waals surface area contributed by atoms with Gasteiger partial charge in [0.05, 0.1) is 69.0 Å². The number of halogens is 3. The third-order valence-corrected chi connectivity index (χ3v) is 8.11. The molecule has 5 heterocycles. The van der Waals surface area contributed by atoms with Gasteiger partial charge in [0.25, 0.3) is 0 Å². The monoisotopic (exact) mass is 727 g/mol. The molecule has 0 unspecified atom stereocenters. The van der Waals surface area contributed by atoms with E-state index in [0.29, 0.717) is 70.0 Å². The fourth-order valence-corrected chi connectivity index (χ4v) is 6.08. The molecule has 0 spiro atoms. The minimum Gasteiger partial charge on any atom is -0.481 e. The molecule has 45 heavy (non-hydrogen) atoms. The highest BCUT2D eigenvalue weighted by molar-refractivity contribution is 14.1. The van der Waals surface area contributed by atoms with Gasteiger partial charge in [0.1, 0.15) is 34.2 Å². The van der Waals surface area contributed by atoms with Gasteiger partial charge in [0.15, 0.2) is 0 Å². The van der Waals surface area contributed by atoms with Crippen molar-refractivity contribution in [1.82, 2.24) is 15.0 Å². The molecule has 0 amide bonds. The highest BCUT2D eigenvalue weighted by Gasteiger charge is 2.27. The Morgan fingerprint density at radius 2 is 1.42 bits per heavy atom. The smallest absolute Gasteiger partial charge is 0.355 e. The molecule has 10 nitrogen and oxygen atoms in total. The molecule has 7 rings (SSSR count). The number of rotatable bonds is 6. The lowest BCUT2D eigenvalue weighted by Crippen LogP contribution is -2.07. The van der Waals surface area contributed by atoms with E-state index in [1.165, 1.54) is 31.8 Å². The number of furan rings is 2. The summed E-state index contributed by atoms with van der Waals surface area (Å²) < 4.78 is 55.2. The number of benzene rings is 2. The quantitative estimate of drug-likeness (QED) is 0.130. The van der Waals surface area contributed by atoms with Gasteiger partial charge >= 0.3 is 11.9 Å². The molecule has 0 saturated carbocycles. The van der Waals surface area contributed by atoms with Crippen molar-refractivity contribution < 1.29 is 41.4 Å². The maximum atomic E-state index is 14.4. The first kappa shape index (κ1) is 30.1. The van der Waals surface area contributed by atoms with E-state index in [1.807, 2.05) is 22.6 Å². The van der Waals surface area contributed by atoms with Crippen molar-refractivity contribution in [3.8, 4) is 17.0 Å². The number of carbonyl (C=O) groups excluding carboxylic acids is 2. The minimum atomic E-state index is -0.551. The van der Waals surface area contributed by atoms with Crippen molar-refractivity contribution in [2.24, 2.45) is 0 Å². The van der Waals surface area contributed by atoms with Crippen molar-refractivity contribution in [2.45, 2.75) is 13.8 Å². The van der Waals surface area contributed by atoms with E-state index < -0.39 is 17.8 Å². The first-order valence-electron chi connectivity index (χ1n) is 13.7. The Hall–Kier alpha value is -4.92. The van der Waals surface area contributed by atoms with Gasteiger partial charge in [-0.1, -0.05) is 0 Å². The number of nitrogens with zero attached hydrogens (tertiary/aromatic N) is 1. The number of carbonyl (C=O) groups is 2. The third-order valence-electron chi connectivity index (χ3n) is 7.03. The fourth-order valence-electron chi connectivity index (χ4n) is 5.19. The molecule has 0 radical (unpaired) electrons. The summed E-state index contributed by atoms with van der Waals surface area (Å²) in [6.07, 6.45) is 4.43. The number of methoxy groups -OCH3 is 1. The minimum absolute atomic E-state index is 0.191. The molecule has 0 aliphatic carbocycles. The van der Waals surface area contributed by atoms with Crippen LogP contribution in [-0.2, 0) is 9.47 Å². The molecule has 0 saturated heterocycles. The number of hydrogen-bond acceptors (Lipinski definition) is 8. The summed E-state index contributed by atoms with van der Waals surface area (Å²) in [5, 5.41) is 2.00. The van der Waals surface area contributed by atoms with Gasteiger partial charge in [-0.3, -0.25) is 0 Å². The average molecular weight is 727 g/mol. The van der Waals surface area contributed by atoms with Crippen LogP contribution in [0, 0.1) is 15.2 Å². The van der Waals surface area contributed by atoms with Crippen LogP contribution < -0.4 is 4.74 Å². The maximum Gasteiger partial charge on any atom is 0.355 e. The van der Waals surface area contributed by atoms with E-state index >= 15 is 0 Å². The normalized spacial score (nSPS) is 11.2. The molecule has 13 heteroatoms. The number of fused-ring (bicyclic) bond motifs is 6. The fraction of sp³-hybridized carbons (Fsp3) is 0.156. The summed E-state index contributed by atoms with van der Waals surface area (Å²) in [7, 11) is 1.49. The molecule has 0 atom stereocenters. The number of aromatic nitrogens is 3. The molecule has 7 aromatic rings. The zero-order chi connectivity index (χ0) is 31.8. The molecule has 0 aliphatic heterocycles. The zero-order valence-corrected chi connectivity index (χ0v) is 26.2. The molecule has 0 fully saturated rings. The standard InChI is InChI=1S/C19H15FN2O4.C13H9FINO3/c1-3-25-19(23)16-14(11-5-4-7-21-18(11)24-2)15-13(22-16)9-12(20)10-6-8-26-17(10)15;1-2-18-13(17)11-10(15)9-8(16-11)5-7(14)6-3-4-19-12(6)9/h4-9,22H,3H2,1-2H3;3-5,16H,2H2,1H3. The Morgan fingerprint density at radius 1 is 0.867 bits per heavy atom. The summed E-state index contributed by atoms with van der Waals surface area (Å²) in [5.74, 6) is -1.50. The largest absolute Gasteiger partial charge is 0.481 e. The van der Waals surface area contributed by atoms with Gasteiger partial charge in [0.2, 0.25) is 5.88 Å². The maximum absolute atomic E-state index is 14.4. The van der Waals surface area contributed by atoms with Crippen molar-refractivity contribution in [1.29, 1.82) is 0 Å². The van der Waals surface area contributed by atoms with Gasteiger partial charge in [-0.2, -0.15) is 0 Å². The van der Waals surface area contributed by atoms with Crippen LogP contribution in [0.25, 0.3) is 54.9 Å². The number of nitrogens with one attached hydrogen (secondary N) is 2. The Labute approximate surface area is 266 Å². The van der Waals surface area contributed by atoms with Crippen LogP contribution >= 0.6 is 22.6 Å². The lowest BCUT2D eigenvalue weighted by molar-refractivity contribution is 0.0511. The van der Waals surface area contributed by atoms with Crippen LogP contribution in [-0.4, -0.2) is 47.2 Å². The molecule has 0 bridgehead atoms.